The molecule has 1 aliphatic carbocycles. The minimum absolute atomic E-state index is 0.113. The summed E-state index contributed by atoms with van der Waals surface area (Å²) < 4.78 is 0. The lowest BCUT2D eigenvalue weighted by Gasteiger charge is -2.14. The lowest BCUT2D eigenvalue weighted by molar-refractivity contribution is -0.142. The largest absolute Gasteiger partial charge is 0.481 e. The van der Waals surface area contributed by atoms with E-state index in [2.05, 4.69) is 0 Å². The van der Waals surface area contributed by atoms with Crippen LogP contribution in [0.1, 0.15) is 19.8 Å². The van der Waals surface area contributed by atoms with Crippen molar-refractivity contribution in [2.75, 3.05) is 0 Å². The first-order chi connectivity index (χ1) is 5.75. The fraction of sp³-hybridized carbons (Fsp3) is 0.500. The van der Waals surface area contributed by atoms with E-state index in [1.165, 1.54) is 0 Å². The van der Waals surface area contributed by atoms with E-state index in [1.807, 2.05) is 31.2 Å². The minimum Gasteiger partial charge on any atom is -0.481 e. The van der Waals surface area contributed by atoms with Gasteiger partial charge in [-0.15, -0.1) is 0 Å². The van der Waals surface area contributed by atoms with Crippen LogP contribution in [0.25, 0.3) is 0 Å². The number of rotatable bonds is 4. The molecule has 1 rings (SSSR count). The van der Waals surface area contributed by atoms with Crippen molar-refractivity contribution in [1.82, 2.24) is 0 Å². The van der Waals surface area contributed by atoms with Crippen molar-refractivity contribution >= 4 is 5.97 Å². The summed E-state index contributed by atoms with van der Waals surface area (Å²) in [6.45, 7) is 2.01. The van der Waals surface area contributed by atoms with Crippen LogP contribution >= 0.6 is 0 Å². The Balaban J connectivity index is 2.58. The number of hydrogen-bond donors (Lipinski definition) is 1. The second-order valence-corrected chi connectivity index (χ2v) is 3.08. The summed E-state index contributed by atoms with van der Waals surface area (Å²) in [7, 11) is 0. The fourth-order valence-corrected chi connectivity index (χ4v) is 1.51. The van der Waals surface area contributed by atoms with Gasteiger partial charge in [0, 0.05) is 5.92 Å². The molecule has 0 heterocycles. The van der Waals surface area contributed by atoms with Crippen molar-refractivity contribution in [1.29, 1.82) is 0 Å². The first kappa shape index (κ1) is 9.04. The van der Waals surface area contributed by atoms with Crippen LogP contribution < -0.4 is 0 Å². The average Bonchev–Trinajstić information content (AvgIpc) is 2.51. The molecule has 0 bridgehead atoms. The fourth-order valence-electron chi connectivity index (χ4n) is 1.51. The van der Waals surface area contributed by atoms with Gasteiger partial charge in [0.1, 0.15) is 0 Å². The normalized spacial score (nSPS) is 18.4. The predicted octanol–water partition coefficient (Wildman–Crippen LogP) is 2.23. The van der Waals surface area contributed by atoms with Crippen LogP contribution in [0.5, 0.6) is 0 Å². The van der Waals surface area contributed by atoms with Gasteiger partial charge in [0.25, 0.3) is 0 Å². The van der Waals surface area contributed by atoms with Crippen LogP contribution in [0.4, 0.5) is 0 Å². The first-order valence-electron chi connectivity index (χ1n) is 4.33. The molecule has 1 atom stereocenters. The van der Waals surface area contributed by atoms with Gasteiger partial charge < -0.3 is 5.11 Å². The van der Waals surface area contributed by atoms with Gasteiger partial charge in [-0.3, -0.25) is 4.79 Å². The van der Waals surface area contributed by atoms with Crippen molar-refractivity contribution < 1.29 is 9.90 Å². The maximum atomic E-state index is 10.8. The number of allylic oxidation sites excluding steroid dienone is 4. The zero-order chi connectivity index (χ0) is 8.97. The Morgan fingerprint density at radius 3 is 2.50 bits per heavy atom. The Kier molecular flexibility index (Phi) is 3.09. The molecular formula is C10H14O2. The number of carboxylic acids is 1. The predicted molar refractivity (Wildman–Crippen MR) is 47.8 cm³/mol. The van der Waals surface area contributed by atoms with Crippen molar-refractivity contribution in [2.24, 2.45) is 11.8 Å². The Morgan fingerprint density at radius 2 is 2.08 bits per heavy atom. The molecule has 2 heteroatoms. The molecule has 1 N–H and O–H groups in total. The first-order valence-corrected chi connectivity index (χ1v) is 4.33. The molecule has 0 aromatic carbocycles. The van der Waals surface area contributed by atoms with Gasteiger partial charge >= 0.3 is 5.97 Å². The Morgan fingerprint density at radius 1 is 1.50 bits per heavy atom. The van der Waals surface area contributed by atoms with Gasteiger partial charge in [-0.25, -0.2) is 0 Å². The molecule has 1 unspecified atom stereocenters. The van der Waals surface area contributed by atoms with E-state index in [1.54, 1.807) is 0 Å². The highest BCUT2D eigenvalue weighted by atomic mass is 16.4. The lowest BCUT2D eigenvalue weighted by Crippen LogP contribution is -2.20. The quantitative estimate of drug-likeness (QED) is 0.695. The highest BCUT2D eigenvalue weighted by Gasteiger charge is 2.24. The van der Waals surface area contributed by atoms with E-state index in [4.69, 9.17) is 5.11 Å². The molecule has 2 nitrogen and oxygen atoms in total. The standard InChI is InChI=1S/C10H14O2/c1-2-5-9(10(11)12)8-6-3-4-7-8/h3-4,6-9H,2,5H2,1H3,(H,11,12). The summed E-state index contributed by atoms with van der Waals surface area (Å²) >= 11 is 0. The molecule has 1 aliphatic rings. The summed E-state index contributed by atoms with van der Waals surface area (Å²) in [4.78, 5) is 10.8. The van der Waals surface area contributed by atoms with Crippen molar-refractivity contribution in [2.45, 2.75) is 19.8 Å². The van der Waals surface area contributed by atoms with Crippen molar-refractivity contribution in [3.05, 3.63) is 24.3 Å². The molecule has 0 amide bonds. The van der Waals surface area contributed by atoms with Crippen molar-refractivity contribution in [3.8, 4) is 0 Å². The summed E-state index contributed by atoms with van der Waals surface area (Å²) in [5, 5.41) is 8.90. The SMILES string of the molecule is CCCC(C(=O)O)C1C=CC=C1. The summed E-state index contributed by atoms with van der Waals surface area (Å²) in [6, 6.07) is 0. The summed E-state index contributed by atoms with van der Waals surface area (Å²) in [6.07, 6.45) is 9.42. The summed E-state index contributed by atoms with van der Waals surface area (Å²) in [5.74, 6) is -0.800. The molecule has 66 valence electrons. The number of carboxylic acid groups (broad SMARTS) is 1. The van der Waals surface area contributed by atoms with E-state index in [0.29, 0.717) is 0 Å². The van der Waals surface area contributed by atoms with E-state index in [-0.39, 0.29) is 11.8 Å². The second kappa shape index (κ2) is 4.10. The van der Waals surface area contributed by atoms with E-state index >= 15 is 0 Å². The lowest BCUT2D eigenvalue weighted by atomic mass is 9.90. The van der Waals surface area contributed by atoms with E-state index in [9.17, 15) is 4.79 Å². The Bertz CT molecular complexity index is 204. The van der Waals surface area contributed by atoms with Gasteiger partial charge in [-0.2, -0.15) is 0 Å². The maximum absolute atomic E-state index is 10.8. The Hall–Kier alpha value is -1.05. The van der Waals surface area contributed by atoms with E-state index in [0.717, 1.165) is 12.8 Å². The third-order valence-electron chi connectivity index (χ3n) is 2.16. The molecule has 0 aromatic heterocycles. The van der Waals surface area contributed by atoms with Gasteiger partial charge in [0.05, 0.1) is 5.92 Å². The minimum atomic E-state index is -0.682. The summed E-state index contributed by atoms with van der Waals surface area (Å²) in [5.41, 5.74) is 0. The highest BCUT2D eigenvalue weighted by molar-refractivity contribution is 5.71. The molecule has 0 aromatic rings. The van der Waals surface area contributed by atoms with Gasteiger partial charge in [-0.05, 0) is 6.42 Å². The topological polar surface area (TPSA) is 37.3 Å². The van der Waals surface area contributed by atoms with Gasteiger partial charge in [0.2, 0.25) is 0 Å². The maximum Gasteiger partial charge on any atom is 0.307 e. The third kappa shape index (κ3) is 1.97. The third-order valence-corrected chi connectivity index (χ3v) is 2.16. The van der Waals surface area contributed by atoms with E-state index < -0.39 is 5.97 Å². The van der Waals surface area contributed by atoms with Crippen LogP contribution in [-0.2, 0) is 4.79 Å². The smallest absolute Gasteiger partial charge is 0.307 e. The molecule has 0 aliphatic heterocycles. The molecule has 12 heavy (non-hydrogen) atoms. The monoisotopic (exact) mass is 166 g/mol. The number of aliphatic carboxylic acids is 1. The van der Waals surface area contributed by atoms with Crippen LogP contribution in [0.3, 0.4) is 0 Å². The second-order valence-electron chi connectivity index (χ2n) is 3.08. The number of carbonyl (C=O) groups is 1. The van der Waals surface area contributed by atoms with Crippen molar-refractivity contribution in [3.63, 3.8) is 0 Å². The molecule has 0 radical (unpaired) electrons. The van der Waals surface area contributed by atoms with Crippen LogP contribution in [0.15, 0.2) is 24.3 Å². The molecule has 0 spiro atoms. The van der Waals surface area contributed by atoms with Crippen LogP contribution in [0, 0.1) is 11.8 Å². The molecule has 0 saturated carbocycles. The molecule has 0 saturated heterocycles. The van der Waals surface area contributed by atoms with Gasteiger partial charge in [0.15, 0.2) is 0 Å². The van der Waals surface area contributed by atoms with Gasteiger partial charge in [-0.1, -0.05) is 37.6 Å². The number of hydrogen-bond acceptors (Lipinski definition) is 1. The Labute approximate surface area is 72.6 Å². The molecule has 0 fully saturated rings. The van der Waals surface area contributed by atoms with Crippen LogP contribution in [0.2, 0.25) is 0 Å². The molecular weight excluding hydrogens is 152 g/mol. The average molecular weight is 166 g/mol. The highest BCUT2D eigenvalue weighted by Crippen LogP contribution is 2.23. The zero-order valence-electron chi connectivity index (χ0n) is 7.23. The zero-order valence-corrected chi connectivity index (χ0v) is 7.23. The van der Waals surface area contributed by atoms with Crippen LogP contribution in [-0.4, -0.2) is 11.1 Å².